The zero-order valence-corrected chi connectivity index (χ0v) is 18.1. The summed E-state index contributed by atoms with van der Waals surface area (Å²) >= 11 is 1.35. The van der Waals surface area contributed by atoms with Crippen molar-refractivity contribution in [2.45, 2.75) is 5.37 Å². The highest BCUT2D eigenvalue weighted by Gasteiger charge is 2.38. The summed E-state index contributed by atoms with van der Waals surface area (Å²) in [7, 11) is 0. The SMILES string of the molecule is O=C(COc1ccc([N+](=O)[O-])cc1)NN1C(=O)/C(=C\c2ccccc2)SC1c1ccccc1. The Labute approximate surface area is 194 Å². The number of carbonyl (C=O) groups is 2. The van der Waals surface area contributed by atoms with E-state index < -0.39 is 16.2 Å². The maximum atomic E-state index is 13.1. The van der Waals surface area contributed by atoms with Gasteiger partial charge in [0.05, 0.1) is 9.83 Å². The fourth-order valence-electron chi connectivity index (χ4n) is 3.17. The Morgan fingerprint density at radius 3 is 2.30 bits per heavy atom. The van der Waals surface area contributed by atoms with Gasteiger partial charge in [-0.3, -0.25) is 25.1 Å². The largest absolute Gasteiger partial charge is 0.484 e. The number of benzene rings is 3. The van der Waals surface area contributed by atoms with Gasteiger partial charge in [-0.1, -0.05) is 72.4 Å². The molecule has 1 N–H and O–H groups in total. The van der Waals surface area contributed by atoms with Gasteiger partial charge in [0.2, 0.25) is 0 Å². The molecular formula is C24H19N3O5S. The number of amides is 2. The zero-order valence-electron chi connectivity index (χ0n) is 17.3. The number of hydrazine groups is 1. The summed E-state index contributed by atoms with van der Waals surface area (Å²) in [4.78, 5) is 36.4. The lowest BCUT2D eigenvalue weighted by atomic mass is 10.2. The molecule has 166 valence electrons. The monoisotopic (exact) mass is 461 g/mol. The van der Waals surface area contributed by atoms with Crippen LogP contribution in [0.1, 0.15) is 16.5 Å². The molecule has 1 atom stereocenters. The first-order valence-electron chi connectivity index (χ1n) is 10.00. The van der Waals surface area contributed by atoms with Gasteiger partial charge in [0, 0.05) is 12.1 Å². The molecule has 1 fully saturated rings. The molecular weight excluding hydrogens is 442 g/mol. The van der Waals surface area contributed by atoms with Crippen molar-refractivity contribution in [3.63, 3.8) is 0 Å². The third-order valence-electron chi connectivity index (χ3n) is 4.75. The van der Waals surface area contributed by atoms with Crippen LogP contribution in [0, 0.1) is 10.1 Å². The molecule has 1 saturated heterocycles. The predicted octanol–water partition coefficient (Wildman–Crippen LogP) is 4.32. The number of nitrogens with one attached hydrogen (secondary N) is 1. The first kappa shape index (κ1) is 22.1. The van der Waals surface area contributed by atoms with Gasteiger partial charge in [0.25, 0.3) is 17.5 Å². The fraction of sp³-hybridized carbons (Fsp3) is 0.0833. The molecule has 33 heavy (non-hydrogen) atoms. The molecule has 0 aliphatic carbocycles. The fourth-order valence-corrected chi connectivity index (χ4v) is 4.36. The molecule has 4 rings (SSSR count). The number of nitrogens with zero attached hydrogens (tertiary/aromatic N) is 2. The van der Waals surface area contributed by atoms with Crippen LogP contribution in [0.25, 0.3) is 6.08 Å². The highest BCUT2D eigenvalue weighted by Crippen LogP contribution is 2.45. The minimum atomic E-state index is -0.524. The summed E-state index contributed by atoms with van der Waals surface area (Å²) in [5.74, 6) is -0.535. The van der Waals surface area contributed by atoms with Gasteiger partial charge >= 0.3 is 0 Å². The van der Waals surface area contributed by atoms with Crippen molar-refractivity contribution in [3.05, 3.63) is 111 Å². The summed E-state index contributed by atoms with van der Waals surface area (Å²) in [5, 5.41) is 11.6. The first-order chi connectivity index (χ1) is 16.0. The molecule has 0 radical (unpaired) electrons. The zero-order chi connectivity index (χ0) is 23.2. The topological polar surface area (TPSA) is 102 Å². The van der Waals surface area contributed by atoms with Crippen LogP contribution in [-0.4, -0.2) is 28.4 Å². The van der Waals surface area contributed by atoms with Crippen LogP contribution >= 0.6 is 11.8 Å². The number of rotatable bonds is 7. The average Bonchev–Trinajstić information content (AvgIpc) is 3.14. The number of nitro groups is 1. The standard InChI is InChI=1S/C24H19N3O5S/c28-22(16-32-20-13-11-19(12-14-20)27(30)31)25-26-23(29)21(15-17-7-3-1-4-8-17)33-24(26)18-9-5-2-6-10-18/h1-15,24H,16H2,(H,25,28)/b21-15+. The molecule has 8 nitrogen and oxygen atoms in total. The van der Waals surface area contributed by atoms with Crippen LogP contribution in [0.5, 0.6) is 5.75 Å². The molecule has 0 bridgehead atoms. The van der Waals surface area contributed by atoms with Gasteiger partial charge in [-0.15, -0.1) is 0 Å². The molecule has 9 heteroatoms. The van der Waals surface area contributed by atoms with E-state index in [1.807, 2.05) is 60.7 Å². The third kappa shape index (κ3) is 5.39. The van der Waals surface area contributed by atoms with Gasteiger partial charge in [-0.2, -0.15) is 0 Å². The van der Waals surface area contributed by atoms with Crippen molar-refractivity contribution in [1.82, 2.24) is 10.4 Å². The van der Waals surface area contributed by atoms with Gasteiger partial charge in [-0.25, -0.2) is 5.01 Å². The van der Waals surface area contributed by atoms with Crippen molar-refractivity contribution in [1.29, 1.82) is 0 Å². The van der Waals surface area contributed by atoms with E-state index >= 15 is 0 Å². The van der Waals surface area contributed by atoms with Crippen LogP contribution in [-0.2, 0) is 9.59 Å². The molecule has 2 amide bonds. The Hall–Kier alpha value is -4.11. The number of hydrogen-bond donors (Lipinski definition) is 1. The Morgan fingerprint density at radius 1 is 1.03 bits per heavy atom. The Balaban J connectivity index is 1.48. The maximum Gasteiger partial charge on any atom is 0.280 e. The lowest BCUT2D eigenvalue weighted by Crippen LogP contribution is -2.46. The van der Waals surface area contributed by atoms with Gasteiger partial charge in [0.15, 0.2) is 6.61 Å². The summed E-state index contributed by atoms with van der Waals surface area (Å²) in [6, 6.07) is 24.3. The van der Waals surface area contributed by atoms with E-state index in [0.717, 1.165) is 11.1 Å². The summed E-state index contributed by atoms with van der Waals surface area (Å²) in [5.41, 5.74) is 4.32. The van der Waals surface area contributed by atoms with Gasteiger partial charge in [0.1, 0.15) is 11.1 Å². The summed E-state index contributed by atoms with van der Waals surface area (Å²) in [6.45, 7) is -0.356. The molecule has 3 aromatic rings. The highest BCUT2D eigenvalue weighted by molar-refractivity contribution is 8.04. The van der Waals surface area contributed by atoms with E-state index in [1.54, 1.807) is 6.08 Å². The molecule has 3 aromatic carbocycles. The van der Waals surface area contributed by atoms with E-state index in [4.69, 9.17) is 4.74 Å². The minimum absolute atomic E-state index is 0.0741. The van der Waals surface area contributed by atoms with Crippen LogP contribution in [0.3, 0.4) is 0 Å². The van der Waals surface area contributed by atoms with Crippen molar-refractivity contribution in [2.24, 2.45) is 0 Å². The van der Waals surface area contributed by atoms with Crippen molar-refractivity contribution < 1.29 is 19.2 Å². The van der Waals surface area contributed by atoms with Crippen molar-refractivity contribution in [2.75, 3.05) is 6.61 Å². The number of hydrogen-bond acceptors (Lipinski definition) is 6. The van der Waals surface area contributed by atoms with Crippen molar-refractivity contribution in [3.8, 4) is 5.75 Å². The lowest BCUT2D eigenvalue weighted by molar-refractivity contribution is -0.384. The average molecular weight is 461 g/mol. The van der Waals surface area contributed by atoms with E-state index in [9.17, 15) is 19.7 Å². The number of ether oxygens (including phenoxy) is 1. The summed E-state index contributed by atoms with van der Waals surface area (Å²) < 4.78 is 5.42. The molecule has 1 aliphatic rings. The van der Waals surface area contributed by atoms with Crippen LogP contribution in [0.2, 0.25) is 0 Å². The first-order valence-corrected chi connectivity index (χ1v) is 10.9. The second kappa shape index (κ2) is 10.0. The Bertz CT molecular complexity index is 1180. The molecule has 1 heterocycles. The van der Waals surface area contributed by atoms with Crippen molar-refractivity contribution >= 4 is 35.3 Å². The van der Waals surface area contributed by atoms with E-state index in [1.165, 1.54) is 41.0 Å². The van der Waals surface area contributed by atoms with Gasteiger partial charge in [-0.05, 0) is 29.3 Å². The number of carbonyl (C=O) groups excluding carboxylic acids is 2. The van der Waals surface area contributed by atoms with E-state index in [2.05, 4.69) is 5.43 Å². The lowest BCUT2D eigenvalue weighted by Gasteiger charge is -2.24. The number of nitro benzene ring substituents is 1. The third-order valence-corrected chi connectivity index (χ3v) is 6.00. The highest BCUT2D eigenvalue weighted by atomic mass is 32.2. The molecule has 0 saturated carbocycles. The van der Waals surface area contributed by atoms with Gasteiger partial charge < -0.3 is 4.74 Å². The molecule has 1 aliphatic heterocycles. The molecule has 0 spiro atoms. The smallest absolute Gasteiger partial charge is 0.280 e. The number of non-ortho nitro benzene ring substituents is 1. The normalized spacial score (nSPS) is 16.6. The summed E-state index contributed by atoms with van der Waals surface area (Å²) in [6.07, 6.45) is 1.79. The van der Waals surface area contributed by atoms with E-state index in [-0.39, 0.29) is 18.2 Å². The minimum Gasteiger partial charge on any atom is -0.484 e. The Kier molecular flexibility index (Phi) is 6.70. The van der Waals surface area contributed by atoms with Crippen LogP contribution in [0.4, 0.5) is 5.69 Å². The number of thioether (sulfide) groups is 1. The maximum absolute atomic E-state index is 13.1. The molecule has 1 unspecified atom stereocenters. The molecule has 0 aromatic heterocycles. The predicted molar refractivity (Wildman–Crippen MR) is 125 cm³/mol. The second-order valence-electron chi connectivity index (χ2n) is 7.05. The quantitative estimate of drug-likeness (QED) is 0.319. The van der Waals surface area contributed by atoms with Crippen LogP contribution in [0.15, 0.2) is 89.8 Å². The van der Waals surface area contributed by atoms with E-state index in [0.29, 0.717) is 10.7 Å². The Morgan fingerprint density at radius 2 is 1.67 bits per heavy atom. The van der Waals surface area contributed by atoms with Crippen LogP contribution < -0.4 is 10.2 Å². The second-order valence-corrected chi connectivity index (χ2v) is 8.17.